The number of hydrogen-bond acceptors (Lipinski definition) is 6. The molecule has 0 spiro atoms. The molecule has 0 bridgehead atoms. The molecule has 1 fully saturated rings. The Morgan fingerprint density at radius 3 is 2.14 bits per heavy atom. The van der Waals surface area contributed by atoms with Crippen molar-refractivity contribution in [2.45, 2.75) is 6.54 Å². The van der Waals surface area contributed by atoms with Crippen molar-refractivity contribution in [2.24, 2.45) is 14.1 Å². The zero-order valence-electron chi connectivity index (χ0n) is 23.8. The molecule has 0 unspecified atom stereocenters. The number of para-hydroxylation sites is 1. The molecule has 3 heterocycles. The van der Waals surface area contributed by atoms with E-state index in [-0.39, 0.29) is 5.82 Å². The lowest BCUT2D eigenvalue weighted by Gasteiger charge is -2.36. The highest BCUT2D eigenvalue weighted by Gasteiger charge is 2.26. The number of nitrogens with one attached hydrogen (secondary N) is 2. The summed E-state index contributed by atoms with van der Waals surface area (Å²) in [4.78, 5) is 34.9. The summed E-state index contributed by atoms with van der Waals surface area (Å²) in [5.74, 6) is 0.246. The highest BCUT2D eigenvalue weighted by atomic mass is 32.1. The standard InChI is InChI=1S/C31H31FN8O2S/c1-36-27-26(28(41)37(2)31(36)42)40(20-21-8-10-22(32)11-9-21)29(35-27)38-16-18-39(19-17-38)30(43)34-25-14-12-24(13-15-25)33-23-6-4-3-5-7-23/h3-15,33H,16-20H2,1-2H3,(H,34,43). The van der Waals surface area contributed by atoms with Crippen LogP contribution < -0.4 is 26.8 Å². The molecule has 1 saturated heterocycles. The van der Waals surface area contributed by atoms with E-state index < -0.39 is 11.2 Å². The maximum absolute atomic E-state index is 13.6. The number of halogens is 1. The van der Waals surface area contributed by atoms with Gasteiger partial charge in [-0.2, -0.15) is 4.98 Å². The van der Waals surface area contributed by atoms with Gasteiger partial charge in [0.2, 0.25) is 5.95 Å². The molecule has 5 aromatic rings. The van der Waals surface area contributed by atoms with Gasteiger partial charge in [0.1, 0.15) is 5.82 Å². The number of rotatable bonds is 6. The van der Waals surface area contributed by atoms with Crippen molar-refractivity contribution in [1.29, 1.82) is 0 Å². The normalized spacial score (nSPS) is 13.4. The average Bonchev–Trinajstić information content (AvgIpc) is 3.40. The second-order valence-corrected chi connectivity index (χ2v) is 10.9. The Balaban J connectivity index is 1.18. The third-order valence-corrected chi connectivity index (χ3v) is 7.99. The lowest BCUT2D eigenvalue weighted by Crippen LogP contribution is -2.50. The predicted molar refractivity (Wildman–Crippen MR) is 172 cm³/mol. The quantitative estimate of drug-likeness (QED) is 0.285. The van der Waals surface area contributed by atoms with Gasteiger partial charge >= 0.3 is 5.69 Å². The molecule has 3 aromatic carbocycles. The van der Waals surface area contributed by atoms with Gasteiger partial charge < -0.3 is 20.4 Å². The van der Waals surface area contributed by atoms with Crippen LogP contribution in [0.3, 0.4) is 0 Å². The Kier molecular flexibility index (Phi) is 7.68. The fourth-order valence-electron chi connectivity index (χ4n) is 5.24. The number of anilines is 4. The number of fused-ring (bicyclic) bond motifs is 1. The van der Waals surface area contributed by atoms with E-state index in [9.17, 15) is 14.0 Å². The van der Waals surface area contributed by atoms with Gasteiger partial charge in [0.05, 0.1) is 6.54 Å². The van der Waals surface area contributed by atoms with Gasteiger partial charge in [-0.25, -0.2) is 9.18 Å². The summed E-state index contributed by atoms with van der Waals surface area (Å²) in [6, 6.07) is 24.1. The van der Waals surface area contributed by atoms with Gasteiger partial charge in [0.25, 0.3) is 5.56 Å². The third kappa shape index (κ3) is 5.73. The van der Waals surface area contributed by atoms with Crippen LogP contribution in [0.4, 0.5) is 27.4 Å². The van der Waals surface area contributed by atoms with Gasteiger partial charge in [-0.1, -0.05) is 30.3 Å². The molecule has 1 aliphatic rings. The van der Waals surface area contributed by atoms with Crippen LogP contribution >= 0.6 is 12.2 Å². The fourth-order valence-corrected chi connectivity index (χ4v) is 5.54. The first-order valence-electron chi connectivity index (χ1n) is 13.9. The van der Waals surface area contributed by atoms with Crippen molar-refractivity contribution in [3.8, 4) is 0 Å². The monoisotopic (exact) mass is 598 g/mol. The van der Waals surface area contributed by atoms with Gasteiger partial charge in [-0.05, 0) is 66.3 Å². The largest absolute Gasteiger partial charge is 0.356 e. The minimum atomic E-state index is -0.444. The highest BCUT2D eigenvalue weighted by molar-refractivity contribution is 7.80. The van der Waals surface area contributed by atoms with E-state index in [1.807, 2.05) is 59.2 Å². The van der Waals surface area contributed by atoms with E-state index in [2.05, 4.69) is 20.4 Å². The van der Waals surface area contributed by atoms with Gasteiger partial charge in [-0.15, -0.1) is 0 Å². The molecule has 220 valence electrons. The Hall–Kier alpha value is -4.97. The molecule has 2 aromatic heterocycles. The molecular weight excluding hydrogens is 567 g/mol. The summed E-state index contributed by atoms with van der Waals surface area (Å²) in [6.45, 7) is 2.77. The van der Waals surface area contributed by atoms with Crippen LogP contribution in [-0.4, -0.2) is 54.9 Å². The zero-order valence-corrected chi connectivity index (χ0v) is 24.6. The van der Waals surface area contributed by atoms with Crippen molar-refractivity contribution < 1.29 is 4.39 Å². The molecule has 43 heavy (non-hydrogen) atoms. The first-order valence-corrected chi connectivity index (χ1v) is 14.3. The number of imidazole rings is 1. The minimum Gasteiger partial charge on any atom is -0.356 e. The Bertz CT molecular complexity index is 1890. The van der Waals surface area contributed by atoms with E-state index in [1.165, 1.54) is 23.7 Å². The first kappa shape index (κ1) is 28.2. The summed E-state index contributed by atoms with van der Waals surface area (Å²) in [7, 11) is 3.06. The van der Waals surface area contributed by atoms with Crippen LogP contribution in [0.15, 0.2) is 88.5 Å². The smallest absolute Gasteiger partial charge is 0.332 e. The number of hydrogen-bond donors (Lipinski definition) is 2. The lowest BCUT2D eigenvalue weighted by molar-refractivity contribution is 0.386. The topological polar surface area (TPSA) is 92.4 Å². The number of aryl methyl sites for hydroxylation is 1. The van der Waals surface area contributed by atoms with Crippen molar-refractivity contribution in [1.82, 2.24) is 23.6 Å². The summed E-state index contributed by atoms with van der Waals surface area (Å²) in [5, 5.41) is 7.33. The summed E-state index contributed by atoms with van der Waals surface area (Å²) >= 11 is 5.73. The number of nitrogens with zero attached hydrogens (tertiary/aromatic N) is 6. The van der Waals surface area contributed by atoms with Crippen LogP contribution in [0.1, 0.15) is 5.56 Å². The SMILES string of the molecule is Cn1c(=O)c2c(nc(N3CCN(C(=S)Nc4ccc(Nc5ccccc5)cc4)CC3)n2Cc2ccc(F)cc2)n(C)c1=O. The maximum Gasteiger partial charge on any atom is 0.332 e. The van der Waals surface area contributed by atoms with Crippen molar-refractivity contribution in [2.75, 3.05) is 41.7 Å². The van der Waals surface area contributed by atoms with E-state index in [0.717, 1.165) is 27.2 Å². The number of piperazine rings is 1. The highest BCUT2D eigenvalue weighted by Crippen LogP contribution is 2.24. The zero-order chi connectivity index (χ0) is 30.1. The number of aromatic nitrogens is 4. The summed E-state index contributed by atoms with van der Waals surface area (Å²) in [5.41, 5.74) is 3.48. The average molecular weight is 599 g/mol. The second kappa shape index (κ2) is 11.7. The van der Waals surface area contributed by atoms with E-state index >= 15 is 0 Å². The van der Waals surface area contributed by atoms with Crippen LogP contribution in [0, 0.1) is 5.82 Å². The van der Waals surface area contributed by atoms with Gasteiger partial charge in [-0.3, -0.25) is 18.5 Å². The number of thiocarbonyl (C=S) groups is 1. The minimum absolute atomic E-state index is 0.300. The molecule has 6 rings (SSSR count). The molecule has 0 atom stereocenters. The molecule has 12 heteroatoms. The summed E-state index contributed by atoms with van der Waals surface area (Å²) < 4.78 is 17.9. The molecule has 0 saturated carbocycles. The number of benzene rings is 3. The Morgan fingerprint density at radius 1 is 0.837 bits per heavy atom. The van der Waals surface area contributed by atoms with Crippen molar-refractivity contribution in [3.63, 3.8) is 0 Å². The molecule has 10 nitrogen and oxygen atoms in total. The van der Waals surface area contributed by atoms with Crippen LogP contribution in [0.5, 0.6) is 0 Å². The van der Waals surface area contributed by atoms with Crippen molar-refractivity contribution in [3.05, 3.63) is 111 Å². The third-order valence-electron chi connectivity index (χ3n) is 7.63. The molecule has 1 aliphatic heterocycles. The van der Waals surface area contributed by atoms with Gasteiger partial charge in [0.15, 0.2) is 16.3 Å². The van der Waals surface area contributed by atoms with Crippen LogP contribution in [0.25, 0.3) is 11.2 Å². The second-order valence-electron chi connectivity index (χ2n) is 10.5. The molecule has 0 radical (unpaired) electrons. The molecule has 2 N–H and O–H groups in total. The Labute approximate surface area is 252 Å². The lowest BCUT2D eigenvalue weighted by atomic mass is 10.2. The van der Waals surface area contributed by atoms with Crippen LogP contribution in [-0.2, 0) is 20.6 Å². The predicted octanol–water partition coefficient (Wildman–Crippen LogP) is 3.88. The van der Waals surface area contributed by atoms with Crippen LogP contribution in [0.2, 0.25) is 0 Å². The maximum atomic E-state index is 13.6. The van der Waals surface area contributed by atoms with E-state index in [0.29, 0.717) is 54.9 Å². The van der Waals surface area contributed by atoms with E-state index in [4.69, 9.17) is 17.2 Å². The molecular formula is C31H31FN8O2S. The molecule has 0 amide bonds. The van der Waals surface area contributed by atoms with Crippen molar-refractivity contribution >= 4 is 51.5 Å². The fraction of sp³-hybridized carbons (Fsp3) is 0.226. The van der Waals surface area contributed by atoms with E-state index in [1.54, 1.807) is 19.2 Å². The summed E-state index contributed by atoms with van der Waals surface area (Å²) in [6.07, 6.45) is 0. The molecule has 0 aliphatic carbocycles. The van der Waals surface area contributed by atoms with Gasteiger partial charge in [0, 0.05) is 57.3 Å². The first-order chi connectivity index (χ1) is 20.8. The Morgan fingerprint density at radius 2 is 1.47 bits per heavy atom.